The Hall–Kier alpha value is -1.03. The summed E-state index contributed by atoms with van der Waals surface area (Å²) in [6, 6.07) is 0. The van der Waals surface area contributed by atoms with Gasteiger partial charge in [-0.2, -0.15) is 5.10 Å². The van der Waals surface area contributed by atoms with Gasteiger partial charge in [0.15, 0.2) is 0 Å². The molecule has 4 nitrogen and oxygen atoms in total. The van der Waals surface area contributed by atoms with E-state index in [9.17, 15) is 4.79 Å². The zero-order chi connectivity index (χ0) is 12.3. The fraction of sp³-hybridized carbons (Fsp3) is 0.636. The van der Waals surface area contributed by atoms with Crippen molar-refractivity contribution in [1.29, 1.82) is 0 Å². The third-order valence-electron chi connectivity index (χ3n) is 2.62. The van der Waals surface area contributed by atoms with Gasteiger partial charge in [0, 0.05) is 31.9 Å². The van der Waals surface area contributed by atoms with Crippen molar-refractivity contribution in [1.82, 2.24) is 14.7 Å². The second-order valence-corrected chi connectivity index (χ2v) is 4.15. The molecule has 0 aliphatic rings. The Kier molecular flexibility index (Phi) is 4.35. The van der Waals surface area contributed by atoms with Crippen molar-refractivity contribution in [2.45, 2.75) is 26.1 Å². The second-order valence-electron chi connectivity index (χ2n) is 3.72. The maximum absolute atomic E-state index is 12.0. The molecule has 1 amide bonds. The molecule has 1 rings (SSSR count). The van der Waals surface area contributed by atoms with Crippen molar-refractivity contribution >= 4 is 17.5 Å². The van der Waals surface area contributed by atoms with Gasteiger partial charge in [0.05, 0.1) is 5.69 Å². The lowest BCUT2D eigenvalue weighted by Gasteiger charge is -2.21. The third-order valence-corrected chi connectivity index (χ3v) is 3.04. The molecule has 0 spiro atoms. The minimum atomic E-state index is -0.631. The van der Waals surface area contributed by atoms with Gasteiger partial charge < -0.3 is 4.90 Å². The monoisotopic (exact) mass is 243 g/mol. The molecule has 1 aromatic heterocycles. The Balaban J connectivity index is 2.89. The highest BCUT2D eigenvalue weighted by Gasteiger charge is 2.24. The van der Waals surface area contributed by atoms with E-state index in [1.165, 1.54) is 0 Å². The molecule has 0 bridgehead atoms. The smallest absolute Gasteiger partial charge is 0.245 e. The minimum absolute atomic E-state index is 0.0530. The molecule has 5 heteroatoms. The van der Waals surface area contributed by atoms with Gasteiger partial charge in [-0.3, -0.25) is 9.48 Å². The minimum Gasteiger partial charge on any atom is -0.342 e. The number of rotatable bonds is 4. The van der Waals surface area contributed by atoms with Crippen LogP contribution in [0.3, 0.4) is 0 Å². The summed E-state index contributed by atoms with van der Waals surface area (Å²) in [7, 11) is 1.82. The van der Waals surface area contributed by atoms with Crippen molar-refractivity contribution in [2.24, 2.45) is 7.05 Å². The van der Waals surface area contributed by atoms with Crippen molar-refractivity contribution in [3.05, 3.63) is 17.5 Å². The summed E-state index contributed by atoms with van der Waals surface area (Å²) in [4.78, 5) is 13.8. The normalized spacial score (nSPS) is 12.6. The molecule has 0 radical (unpaired) electrons. The first-order valence-electron chi connectivity index (χ1n) is 5.44. The number of halogens is 1. The average molecular weight is 244 g/mol. The Labute approximate surface area is 101 Å². The Morgan fingerprint density at radius 1 is 1.56 bits per heavy atom. The standard InChI is InChI=1S/C11H18ClN3O/c1-5-15(6-2)11(16)10(12)9-7-14(4)13-8(9)3/h7,10H,5-6H2,1-4H3. The summed E-state index contributed by atoms with van der Waals surface area (Å²) in [6.45, 7) is 7.11. The number of likely N-dealkylation sites (N-methyl/N-ethyl adjacent to an activating group) is 1. The van der Waals surface area contributed by atoms with Crippen LogP contribution in [0.15, 0.2) is 6.20 Å². The summed E-state index contributed by atoms with van der Waals surface area (Å²) >= 11 is 6.18. The number of amides is 1. The van der Waals surface area contributed by atoms with E-state index in [2.05, 4.69) is 5.10 Å². The molecule has 1 aromatic rings. The van der Waals surface area contributed by atoms with Gasteiger partial charge in [0.25, 0.3) is 0 Å². The van der Waals surface area contributed by atoms with Crippen LogP contribution in [0.25, 0.3) is 0 Å². The Morgan fingerprint density at radius 2 is 2.12 bits per heavy atom. The number of aromatic nitrogens is 2. The van der Waals surface area contributed by atoms with Crippen LogP contribution in [0.4, 0.5) is 0 Å². The third kappa shape index (κ3) is 2.55. The van der Waals surface area contributed by atoms with E-state index in [4.69, 9.17) is 11.6 Å². The van der Waals surface area contributed by atoms with Crippen molar-refractivity contribution in [3.8, 4) is 0 Å². The number of alkyl halides is 1. The van der Waals surface area contributed by atoms with Crippen LogP contribution in [0.2, 0.25) is 0 Å². The first kappa shape index (κ1) is 13.0. The summed E-state index contributed by atoms with van der Waals surface area (Å²) in [6.07, 6.45) is 1.80. The molecule has 0 saturated heterocycles. The molecule has 0 aliphatic heterocycles. The number of nitrogens with zero attached hydrogens (tertiary/aromatic N) is 3. The Bertz CT molecular complexity index is 371. The van der Waals surface area contributed by atoms with Gasteiger partial charge >= 0.3 is 0 Å². The lowest BCUT2D eigenvalue weighted by atomic mass is 10.1. The van der Waals surface area contributed by atoms with Gasteiger partial charge in [-0.1, -0.05) is 0 Å². The van der Waals surface area contributed by atoms with Crippen molar-refractivity contribution < 1.29 is 4.79 Å². The molecule has 16 heavy (non-hydrogen) atoms. The van der Waals surface area contributed by atoms with Crippen molar-refractivity contribution in [2.75, 3.05) is 13.1 Å². The molecule has 1 heterocycles. The van der Waals surface area contributed by atoms with Crippen molar-refractivity contribution in [3.63, 3.8) is 0 Å². The molecule has 0 aromatic carbocycles. The van der Waals surface area contributed by atoms with Gasteiger partial charge in [-0.05, 0) is 20.8 Å². The molecule has 1 atom stereocenters. The Morgan fingerprint density at radius 3 is 2.50 bits per heavy atom. The molecule has 0 aliphatic carbocycles. The molecule has 0 fully saturated rings. The number of hydrogen-bond donors (Lipinski definition) is 0. The maximum Gasteiger partial charge on any atom is 0.245 e. The fourth-order valence-corrected chi connectivity index (χ4v) is 2.05. The van der Waals surface area contributed by atoms with E-state index >= 15 is 0 Å². The first-order chi connectivity index (χ1) is 7.51. The summed E-state index contributed by atoms with van der Waals surface area (Å²) in [5, 5.41) is 3.56. The zero-order valence-electron chi connectivity index (χ0n) is 10.2. The van der Waals surface area contributed by atoms with Gasteiger partial charge in [0.2, 0.25) is 5.91 Å². The van der Waals surface area contributed by atoms with Crippen LogP contribution >= 0.6 is 11.6 Å². The highest BCUT2D eigenvalue weighted by Crippen LogP contribution is 2.25. The SMILES string of the molecule is CCN(CC)C(=O)C(Cl)c1cn(C)nc1C. The van der Waals surface area contributed by atoms with Gasteiger partial charge in [-0.25, -0.2) is 0 Å². The second kappa shape index (κ2) is 5.34. The predicted molar refractivity (Wildman–Crippen MR) is 64.5 cm³/mol. The van der Waals surface area contributed by atoms with E-state index < -0.39 is 5.38 Å². The van der Waals surface area contributed by atoms with Crippen LogP contribution in [0.1, 0.15) is 30.5 Å². The number of carbonyl (C=O) groups excluding carboxylic acids is 1. The largest absolute Gasteiger partial charge is 0.342 e. The molecular formula is C11H18ClN3O. The number of aryl methyl sites for hydroxylation is 2. The lowest BCUT2D eigenvalue weighted by molar-refractivity contribution is -0.130. The average Bonchev–Trinajstić information content (AvgIpc) is 2.58. The van der Waals surface area contributed by atoms with E-state index in [0.717, 1.165) is 11.3 Å². The quantitative estimate of drug-likeness (QED) is 0.758. The van der Waals surface area contributed by atoms with Crippen LogP contribution in [0, 0.1) is 6.92 Å². The van der Waals surface area contributed by atoms with Gasteiger partial charge in [-0.15, -0.1) is 11.6 Å². The maximum atomic E-state index is 12.0. The van der Waals surface area contributed by atoms with E-state index in [-0.39, 0.29) is 5.91 Å². The summed E-state index contributed by atoms with van der Waals surface area (Å²) < 4.78 is 1.68. The van der Waals surface area contributed by atoms with Crippen LogP contribution in [-0.4, -0.2) is 33.7 Å². The number of carbonyl (C=O) groups is 1. The van der Waals surface area contributed by atoms with E-state index in [1.54, 1.807) is 15.8 Å². The van der Waals surface area contributed by atoms with Crippen LogP contribution < -0.4 is 0 Å². The van der Waals surface area contributed by atoms with Gasteiger partial charge in [0.1, 0.15) is 5.38 Å². The zero-order valence-corrected chi connectivity index (χ0v) is 11.0. The molecule has 0 saturated carbocycles. The summed E-state index contributed by atoms with van der Waals surface area (Å²) in [5.74, 6) is -0.0530. The predicted octanol–water partition coefficient (Wildman–Crippen LogP) is 1.88. The van der Waals surface area contributed by atoms with Crippen LogP contribution in [0.5, 0.6) is 0 Å². The topological polar surface area (TPSA) is 38.1 Å². The first-order valence-corrected chi connectivity index (χ1v) is 5.87. The van der Waals surface area contributed by atoms with Crippen LogP contribution in [-0.2, 0) is 11.8 Å². The fourth-order valence-electron chi connectivity index (χ4n) is 1.70. The highest BCUT2D eigenvalue weighted by atomic mass is 35.5. The lowest BCUT2D eigenvalue weighted by Crippen LogP contribution is -2.33. The van der Waals surface area contributed by atoms with E-state index in [0.29, 0.717) is 13.1 Å². The molecule has 0 N–H and O–H groups in total. The van der Waals surface area contributed by atoms with E-state index in [1.807, 2.05) is 27.8 Å². The molecule has 1 unspecified atom stereocenters. The highest BCUT2D eigenvalue weighted by molar-refractivity contribution is 6.30. The molecule has 90 valence electrons. The molecular weight excluding hydrogens is 226 g/mol. The summed E-state index contributed by atoms with van der Waals surface area (Å²) in [5.41, 5.74) is 1.60. The number of hydrogen-bond acceptors (Lipinski definition) is 2.